The molecule has 0 bridgehead atoms. The van der Waals surface area contributed by atoms with E-state index in [1.807, 2.05) is 19.9 Å². The number of H-pyrrole nitrogens is 1. The van der Waals surface area contributed by atoms with Crippen molar-refractivity contribution in [3.63, 3.8) is 0 Å². The minimum atomic E-state index is -0.383. The van der Waals surface area contributed by atoms with Gasteiger partial charge in [-0.3, -0.25) is 5.41 Å². The smallest absolute Gasteiger partial charge is 0.163 e. The number of hydrogen-bond acceptors (Lipinski definition) is 5. The van der Waals surface area contributed by atoms with E-state index in [4.69, 9.17) is 14.9 Å². The Balaban J connectivity index is 1.67. The fourth-order valence-electron chi connectivity index (χ4n) is 3.36. The number of halogens is 1. The standard InChI is InChI=1S/C21H21FN4O3/c1-3-28-17-8-6-13(10-18(17)29-4-2)26-11-16(27)19(20(26)23)21-24-14-7-5-12(22)9-15(14)25-21/h5-10,23,27H,3-4,11H2,1-2H3,(H,24,25). The Bertz CT molecular complexity index is 1120. The largest absolute Gasteiger partial charge is 0.509 e. The highest BCUT2D eigenvalue weighted by Crippen LogP contribution is 2.36. The van der Waals surface area contributed by atoms with E-state index in [0.29, 0.717) is 47.3 Å². The van der Waals surface area contributed by atoms with Gasteiger partial charge in [0.1, 0.15) is 23.2 Å². The van der Waals surface area contributed by atoms with E-state index in [1.54, 1.807) is 23.1 Å². The fourth-order valence-corrected chi connectivity index (χ4v) is 3.36. The van der Waals surface area contributed by atoms with Gasteiger partial charge in [-0.2, -0.15) is 0 Å². The van der Waals surface area contributed by atoms with Gasteiger partial charge in [0.15, 0.2) is 11.5 Å². The van der Waals surface area contributed by atoms with Crippen molar-refractivity contribution in [3.8, 4) is 11.5 Å². The number of aromatic nitrogens is 2. The van der Waals surface area contributed by atoms with Gasteiger partial charge in [0, 0.05) is 11.8 Å². The third-order valence-electron chi connectivity index (χ3n) is 4.62. The molecule has 0 aliphatic carbocycles. The predicted molar refractivity (Wildman–Crippen MR) is 109 cm³/mol. The maximum absolute atomic E-state index is 13.5. The lowest BCUT2D eigenvalue weighted by Gasteiger charge is -2.20. The third kappa shape index (κ3) is 3.37. The van der Waals surface area contributed by atoms with Gasteiger partial charge in [0.25, 0.3) is 0 Å². The number of hydrogen-bond donors (Lipinski definition) is 3. The normalized spacial score (nSPS) is 14.2. The Kier molecular flexibility index (Phi) is 4.84. The summed E-state index contributed by atoms with van der Waals surface area (Å²) in [5.41, 5.74) is 2.04. The molecule has 0 fully saturated rings. The molecule has 29 heavy (non-hydrogen) atoms. The molecule has 0 saturated carbocycles. The van der Waals surface area contributed by atoms with Crippen LogP contribution in [0.5, 0.6) is 11.5 Å². The molecular formula is C21H21FN4O3. The molecule has 2 heterocycles. The molecule has 8 heteroatoms. The van der Waals surface area contributed by atoms with Crippen LogP contribution in [0, 0.1) is 11.2 Å². The van der Waals surface area contributed by atoms with E-state index in [0.717, 1.165) is 0 Å². The zero-order valence-corrected chi connectivity index (χ0v) is 16.1. The van der Waals surface area contributed by atoms with Gasteiger partial charge < -0.3 is 24.5 Å². The van der Waals surface area contributed by atoms with Gasteiger partial charge >= 0.3 is 0 Å². The number of nitrogens with one attached hydrogen (secondary N) is 2. The van der Waals surface area contributed by atoms with Gasteiger partial charge in [-0.15, -0.1) is 0 Å². The zero-order valence-electron chi connectivity index (χ0n) is 16.1. The van der Waals surface area contributed by atoms with Crippen LogP contribution in [0.1, 0.15) is 19.7 Å². The van der Waals surface area contributed by atoms with E-state index < -0.39 is 0 Å². The van der Waals surface area contributed by atoms with Crippen molar-refractivity contribution >= 4 is 28.1 Å². The SMILES string of the molecule is CCOc1ccc(N2CC(O)=C(c3nc4ccc(F)cc4[nH]3)C2=N)cc1OCC. The number of aliphatic hydroxyl groups is 1. The van der Waals surface area contributed by atoms with Crippen molar-refractivity contribution in [2.24, 2.45) is 0 Å². The highest BCUT2D eigenvalue weighted by Gasteiger charge is 2.31. The summed E-state index contributed by atoms with van der Waals surface area (Å²) in [6.45, 7) is 4.89. The number of rotatable bonds is 6. The summed E-state index contributed by atoms with van der Waals surface area (Å²) >= 11 is 0. The number of imidazole rings is 1. The molecule has 0 unspecified atom stereocenters. The number of benzene rings is 2. The summed E-state index contributed by atoms with van der Waals surface area (Å²) in [5.74, 6) is 1.25. The molecule has 3 N–H and O–H groups in total. The van der Waals surface area contributed by atoms with Crippen molar-refractivity contribution in [2.45, 2.75) is 13.8 Å². The number of aliphatic hydroxyl groups excluding tert-OH is 1. The maximum atomic E-state index is 13.5. The zero-order chi connectivity index (χ0) is 20.5. The highest BCUT2D eigenvalue weighted by molar-refractivity contribution is 6.30. The molecular weight excluding hydrogens is 375 g/mol. The summed E-state index contributed by atoms with van der Waals surface area (Å²) in [6.07, 6.45) is 0. The van der Waals surface area contributed by atoms with E-state index in [1.165, 1.54) is 12.1 Å². The predicted octanol–water partition coefficient (Wildman–Crippen LogP) is 4.27. The fraction of sp³-hybridized carbons (Fsp3) is 0.238. The number of aromatic amines is 1. The van der Waals surface area contributed by atoms with Crippen molar-refractivity contribution in [2.75, 3.05) is 24.7 Å². The van der Waals surface area contributed by atoms with Gasteiger partial charge in [-0.25, -0.2) is 9.37 Å². The summed E-state index contributed by atoms with van der Waals surface area (Å²) in [7, 11) is 0. The monoisotopic (exact) mass is 396 g/mol. The molecule has 4 rings (SSSR count). The van der Waals surface area contributed by atoms with Crippen LogP contribution in [0.4, 0.5) is 10.1 Å². The van der Waals surface area contributed by atoms with Crippen LogP contribution < -0.4 is 14.4 Å². The second-order valence-corrected chi connectivity index (χ2v) is 6.50. The lowest BCUT2D eigenvalue weighted by molar-refractivity contribution is 0.288. The van der Waals surface area contributed by atoms with Crippen LogP contribution >= 0.6 is 0 Å². The summed E-state index contributed by atoms with van der Waals surface area (Å²) in [5, 5.41) is 19.1. The van der Waals surface area contributed by atoms with Gasteiger partial charge in [0.2, 0.25) is 0 Å². The molecule has 1 aliphatic rings. The first-order valence-corrected chi connectivity index (χ1v) is 9.35. The van der Waals surface area contributed by atoms with Crippen molar-refractivity contribution in [3.05, 3.63) is 53.8 Å². The Morgan fingerprint density at radius 2 is 1.90 bits per heavy atom. The molecule has 7 nitrogen and oxygen atoms in total. The third-order valence-corrected chi connectivity index (χ3v) is 4.62. The molecule has 0 amide bonds. The summed E-state index contributed by atoms with van der Waals surface area (Å²) in [6, 6.07) is 9.60. The van der Waals surface area contributed by atoms with Gasteiger partial charge in [-0.1, -0.05) is 0 Å². The molecule has 150 valence electrons. The topological polar surface area (TPSA) is 94.5 Å². The lowest BCUT2D eigenvalue weighted by atomic mass is 10.2. The van der Waals surface area contributed by atoms with Crippen LogP contribution in [0.2, 0.25) is 0 Å². The van der Waals surface area contributed by atoms with E-state index in [2.05, 4.69) is 9.97 Å². The first kappa shape index (κ1) is 18.8. The number of ether oxygens (including phenoxy) is 2. The average molecular weight is 396 g/mol. The van der Waals surface area contributed by atoms with Crippen molar-refractivity contribution in [1.29, 1.82) is 5.41 Å². The van der Waals surface area contributed by atoms with E-state index >= 15 is 0 Å². The van der Waals surface area contributed by atoms with Crippen molar-refractivity contribution in [1.82, 2.24) is 9.97 Å². The Morgan fingerprint density at radius 3 is 2.66 bits per heavy atom. The van der Waals surface area contributed by atoms with Crippen LogP contribution in [0.3, 0.4) is 0 Å². The minimum Gasteiger partial charge on any atom is -0.509 e. The molecule has 1 aliphatic heterocycles. The Labute approximate surface area is 166 Å². The van der Waals surface area contributed by atoms with Crippen LogP contribution in [-0.4, -0.2) is 40.7 Å². The number of fused-ring (bicyclic) bond motifs is 1. The molecule has 2 aromatic carbocycles. The second-order valence-electron chi connectivity index (χ2n) is 6.50. The molecule has 3 aromatic rings. The van der Waals surface area contributed by atoms with Gasteiger partial charge in [-0.05, 0) is 44.2 Å². The number of anilines is 1. The lowest BCUT2D eigenvalue weighted by Crippen LogP contribution is -2.26. The first-order chi connectivity index (χ1) is 14.0. The first-order valence-electron chi connectivity index (χ1n) is 9.35. The molecule has 0 spiro atoms. The van der Waals surface area contributed by atoms with E-state index in [9.17, 15) is 9.50 Å². The molecule has 1 aromatic heterocycles. The van der Waals surface area contributed by atoms with Gasteiger partial charge in [0.05, 0.1) is 36.4 Å². The van der Waals surface area contributed by atoms with Crippen molar-refractivity contribution < 1.29 is 19.0 Å². The molecule has 0 saturated heterocycles. The number of nitrogens with zero attached hydrogens (tertiary/aromatic N) is 2. The molecule has 0 radical (unpaired) electrons. The Hall–Kier alpha value is -3.55. The quantitative estimate of drug-likeness (QED) is 0.579. The van der Waals surface area contributed by atoms with Crippen LogP contribution in [0.15, 0.2) is 42.2 Å². The average Bonchev–Trinajstić information content (AvgIpc) is 3.23. The maximum Gasteiger partial charge on any atom is 0.163 e. The van der Waals surface area contributed by atoms with Crippen LogP contribution in [0.25, 0.3) is 16.6 Å². The summed E-state index contributed by atoms with van der Waals surface area (Å²) in [4.78, 5) is 9.03. The second kappa shape index (κ2) is 7.46. The van der Waals surface area contributed by atoms with Crippen LogP contribution in [-0.2, 0) is 0 Å². The minimum absolute atomic E-state index is 0.0152. The van der Waals surface area contributed by atoms with E-state index in [-0.39, 0.29) is 29.5 Å². The highest BCUT2D eigenvalue weighted by atomic mass is 19.1. The molecule has 0 atom stereocenters. The number of amidine groups is 1. The summed E-state index contributed by atoms with van der Waals surface area (Å²) < 4.78 is 24.7. The Morgan fingerprint density at radius 1 is 1.14 bits per heavy atom.